The van der Waals surface area contributed by atoms with Gasteiger partial charge < -0.3 is 5.73 Å². The monoisotopic (exact) mass is 302 g/mol. The van der Waals surface area contributed by atoms with Gasteiger partial charge in [-0.2, -0.15) is 0 Å². The molecule has 6 heteroatoms. The van der Waals surface area contributed by atoms with Gasteiger partial charge in [0.1, 0.15) is 4.90 Å². The summed E-state index contributed by atoms with van der Waals surface area (Å²) in [7, 11) is -3.56. The Balaban J connectivity index is 2.14. The molecule has 1 aromatic carbocycles. The van der Waals surface area contributed by atoms with E-state index in [2.05, 4.69) is 11.6 Å². The summed E-state index contributed by atoms with van der Waals surface area (Å²) >= 11 is 5.96. The normalized spacial score (nSPS) is 24.3. The number of nitrogens with one attached hydrogen (secondary N) is 1. The summed E-state index contributed by atoms with van der Waals surface area (Å²) in [5.41, 5.74) is 6.02. The zero-order valence-corrected chi connectivity index (χ0v) is 12.5. The zero-order valence-electron chi connectivity index (χ0n) is 10.9. The van der Waals surface area contributed by atoms with Crippen LogP contribution in [0.1, 0.15) is 32.6 Å². The molecular formula is C13H19ClN2O2S. The van der Waals surface area contributed by atoms with Gasteiger partial charge in [0.15, 0.2) is 0 Å². The van der Waals surface area contributed by atoms with Gasteiger partial charge in [-0.25, -0.2) is 13.1 Å². The van der Waals surface area contributed by atoms with Crippen LogP contribution in [0.5, 0.6) is 0 Å². The lowest BCUT2D eigenvalue weighted by Crippen LogP contribution is -2.37. The number of anilines is 1. The van der Waals surface area contributed by atoms with E-state index in [1.807, 2.05) is 0 Å². The molecule has 0 unspecified atom stereocenters. The second-order valence-corrected chi connectivity index (χ2v) is 7.36. The van der Waals surface area contributed by atoms with Gasteiger partial charge in [-0.05, 0) is 49.8 Å². The first-order valence-corrected chi connectivity index (χ1v) is 8.32. The molecule has 0 aliphatic heterocycles. The first-order valence-electron chi connectivity index (χ1n) is 6.46. The fraction of sp³-hybridized carbons (Fsp3) is 0.538. The molecule has 4 nitrogen and oxygen atoms in total. The minimum atomic E-state index is -3.56. The van der Waals surface area contributed by atoms with E-state index >= 15 is 0 Å². The lowest BCUT2D eigenvalue weighted by atomic mass is 9.88. The van der Waals surface area contributed by atoms with Crippen molar-refractivity contribution in [3.8, 4) is 0 Å². The average Bonchev–Trinajstić information content (AvgIpc) is 2.31. The maximum atomic E-state index is 12.3. The highest BCUT2D eigenvalue weighted by atomic mass is 35.5. The van der Waals surface area contributed by atoms with E-state index in [0.717, 1.165) is 25.7 Å². The highest BCUT2D eigenvalue weighted by Gasteiger charge is 2.25. The number of nitrogens with two attached hydrogens (primary N) is 1. The van der Waals surface area contributed by atoms with Gasteiger partial charge in [0.25, 0.3) is 0 Å². The molecule has 0 radical (unpaired) electrons. The molecule has 1 aromatic rings. The van der Waals surface area contributed by atoms with Gasteiger partial charge >= 0.3 is 0 Å². The SMILES string of the molecule is CC1CCC(NS(=O)(=O)c2ccc(N)cc2Cl)CC1. The lowest BCUT2D eigenvalue weighted by Gasteiger charge is -2.26. The molecule has 1 saturated carbocycles. The molecule has 19 heavy (non-hydrogen) atoms. The van der Waals surface area contributed by atoms with Crippen LogP contribution >= 0.6 is 11.6 Å². The minimum absolute atomic E-state index is 0.00909. The third-order valence-corrected chi connectivity index (χ3v) is 5.59. The number of rotatable bonds is 3. The quantitative estimate of drug-likeness (QED) is 0.843. The van der Waals surface area contributed by atoms with Crippen LogP contribution in [0.25, 0.3) is 0 Å². The molecule has 0 atom stereocenters. The molecule has 3 N–H and O–H groups in total. The van der Waals surface area contributed by atoms with Gasteiger partial charge in [-0.15, -0.1) is 0 Å². The van der Waals surface area contributed by atoms with Crippen molar-refractivity contribution in [2.24, 2.45) is 5.92 Å². The van der Waals surface area contributed by atoms with E-state index in [1.165, 1.54) is 12.1 Å². The Morgan fingerprint density at radius 1 is 1.26 bits per heavy atom. The Kier molecular flexibility index (Phi) is 4.38. The van der Waals surface area contributed by atoms with Crippen LogP contribution in [0, 0.1) is 5.92 Å². The van der Waals surface area contributed by atoms with Gasteiger partial charge in [0.05, 0.1) is 5.02 Å². The maximum absolute atomic E-state index is 12.3. The maximum Gasteiger partial charge on any atom is 0.242 e. The Morgan fingerprint density at radius 3 is 2.47 bits per heavy atom. The molecule has 0 saturated heterocycles. The summed E-state index contributed by atoms with van der Waals surface area (Å²) in [6.45, 7) is 2.20. The van der Waals surface area contributed by atoms with Crippen LogP contribution in [0.15, 0.2) is 23.1 Å². The summed E-state index contributed by atoms with van der Waals surface area (Å²) < 4.78 is 27.3. The summed E-state index contributed by atoms with van der Waals surface area (Å²) in [4.78, 5) is 0.0991. The number of nitrogen functional groups attached to an aromatic ring is 1. The topological polar surface area (TPSA) is 72.2 Å². The first kappa shape index (κ1) is 14.6. The van der Waals surface area contributed by atoms with Crippen LogP contribution in [0.2, 0.25) is 5.02 Å². The molecule has 1 fully saturated rings. The molecule has 0 aromatic heterocycles. The molecule has 1 aliphatic carbocycles. The van der Waals surface area contributed by atoms with Crippen molar-refractivity contribution in [3.63, 3.8) is 0 Å². The third kappa shape index (κ3) is 3.61. The van der Waals surface area contributed by atoms with Crippen LogP contribution in [0.4, 0.5) is 5.69 Å². The Hall–Kier alpha value is -0.780. The summed E-state index contributed by atoms with van der Waals surface area (Å²) in [5.74, 6) is 0.681. The molecular weight excluding hydrogens is 284 g/mol. The van der Waals surface area contributed by atoms with Crippen molar-refractivity contribution < 1.29 is 8.42 Å². The van der Waals surface area contributed by atoms with Gasteiger partial charge in [0.2, 0.25) is 10.0 Å². The molecule has 1 aliphatic rings. The van der Waals surface area contributed by atoms with E-state index in [-0.39, 0.29) is 16.0 Å². The second-order valence-electron chi connectivity index (χ2n) is 5.27. The van der Waals surface area contributed by atoms with E-state index in [9.17, 15) is 8.42 Å². The van der Waals surface area contributed by atoms with Crippen LogP contribution in [-0.2, 0) is 10.0 Å². The predicted octanol–water partition coefficient (Wildman–Crippen LogP) is 2.78. The number of benzene rings is 1. The summed E-state index contributed by atoms with van der Waals surface area (Å²) in [5, 5.41) is 0.164. The minimum Gasteiger partial charge on any atom is -0.399 e. The van der Waals surface area contributed by atoms with E-state index in [0.29, 0.717) is 11.6 Å². The lowest BCUT2D eigenvalue weighted by molar-refractivity contribution is 0.332. The molecule has 0 bridgehead atoms. The standard InChI is InChI=1S/C13H19ClN2O2S/c1-9-2-5-11(6-3-9)16-19(17,18)13-7-4-10(15)8-12(13)14/h4,7-9,11,16H,2-3,5-6,15H2,1H3. The fourth-order valence-electron chi connectivity index (χ4n) is 2.40. The van der Waals surface area contributed by atoms with Crippen molar-refractivity contribution >= 4 is 27.3 Å². The van der Waals surface area contributed by atoms with Crippen molar-refractivity contribution in [1.82, 2.24) is 4.72 Å². The van der Waals surface area contributed by atoms with Gasteiger partial charge in [0, 0.05) is 11.7 Å². The van der Waals surface area contributed by atoms with Crippen molar-refractivity contribution in [1.29, 1.82) is 0 Å². The van der Waals surface area contributed by atoms with Crippen molar-refractivity contribution in [3.05, 3.63) is 23.2 Å². The molecule has 0 amide bonds. The molecule has 2 rings (SSSR count). The van der Waals surface area contributed by atoms with Crippen molar-refractivity contribution in [2.75, 3.05) is 5.73 Å². The fourth-order valence-corrected chi connectivity index (χ4v) is 4.25. The third-order valence-electron chi connectivity index (χ3n) is 3.58. The van der Waals surface area contributed by atoms with Gasteiger partial charge in [-0.3, -0.25) is 0 Å². The number of hydrogen-bond donors (Lipinski definition) is 2. The molecule has 0 heterocycles. The number of halogens is 1. The van der Waals surface area contributed by atoms with E-state index in [4.69, 9.17) is 17.3 Å². The Morgan fingerprint density at radius 2 is 1.89 bits per heavy atom. The summed E-state index contributed by atoms with van der Waals surface area (Å²) in [6.07, 6.45) is 3.88. The van der Waals surface area contributed by atoms with Crippen LogP contribution in [-0.4, -0.2) is 14.5 Å². The van der Waals surface area contributed by atoms with Crippen LogP contribution in [0.3, 0.4) is 0 Å². The highest BCUT2D eigenvalue weighted by Crippen LogP contribution is 2.27. The van der Waals surface area contributed by atoms with E-state index < -0.39 is 10.0 Å². The highest BCUT2D eigenvalue weighted by molar-refractivity contribution is 7.89. The van der Waals surface area contributed by atoms with Crippen LogP contribution < -0.4 is 10.5 Å². The van der Waals surface area contributed by atoms with Gasteiger partial charge in [-0.1, -0.05) is 18.5 Å². The Labute approximate surface area is 119 Å². The molecule has 106 valence electrons. The predicted molar refractivity (Wildman–Crippen MR) is 77.6 cm³/mol. The van der Waals surface area contributed by atoms with E-state index in [1.54, 1.807) is 6.07 Å². The second kappa shape index (κ2) is 5.69. The van der Waals surface area contributed by atoms with Crippen molar-refractivity contribution in [2.45, 2.75) is 43.5 Å². The Bertz CT molecular complexity index is 552. The number of hydrogen-bond acceptors (Lipinski definition) is 3. The molecule has 0 spiro atoms. The zero-order chi connectivity index (χ0) is 14.0. The smallest absolute Gasteiger partial charge is 0.242 e. The largest absolute Gasteiger partial charge is 0.399 e. The first-order chi connectivity index (χ1) is 8.88. The summed E-state index contributed by atoms with van der Waals surface area (Å²) in [6, 6.07) is 4.46. The average molecular weight is 303 g/mol. The number of sulfonamides is 1.